The Kier molecular flexibility index (Phi) is 6.64. The fourth-order valence-electron chi connectivity index (χ4n) is 1.40. The van der Waals surface area contributed by atoms with Crippen LogP contribution in [0.15, 0.2) is 28.7 Å². The average molecular weight is 288 g/mol. The van der Waals surface area contributed by atoms with Crippen LogP contribution >= 0.6 is 15.9 Å². The summed E-state index contributed by atoms with van der Waals surface area (Å²) in [7, 11) is 0. The lowest BCUT2D eigenvalue weighted by Gasteiger charge is -2.16. The second-order valence-electron chi connectivity index (χ2n) is 3.35. The van der Waals surface area contributed by atoms with E-state index in [1.165, 1.54) is 0 Å². The summed E-state index contributed by atoms with van der Waals surface area (Å²) in [6, 6.07) is 8.01. The summed E-state index contributed by atoms with van der Waals surface area (Å²) in [5.74, 6) is 0. The van der Waals surface area contributed by atoms with Crippen LogP contribution in [0.1, 0.15) is 18.6 Å². The van der Waals surface area contributed by atoms with Crippen LogP contribution in [0.2, 0.25) is 0 Å². The maximum atomic E-state index is 5.69. The van der Waals surface area contributed by atoms with Crippen molar-refractivity contribution in [2.75, 3.05) is 26.4 Å². The molecule has 0 aliphatic carbocycles. The summed E-state index contributed by atoms with van der Waals surface area (Å²) < 4.78 is 11.9. The Morgan fingerprint density at radius 1 is 1.38 bits per heavy atom. The molecule has 0 fully saturated rings. The largest absolute Gasteiger partial charge is 0.379 e. The van der Waals surface area contributed by atoms with E-state index < -0.39 is 0 Å². The van der Waals surface area contributed by atoms with Gasteiger partial charge in [-0.1, -0.05) is 28.1 Å². The minimum absolute atomic E-state index is 0.0574. The fourth-order valence-corrected chi connectivity index (χ4v) is 1.82. The zero-order valence-electron chi connectivity index (χ0n) is 9.49. The molecule has 16 heavy (non-hydrogen) atoms. The first kappa shape index (κ1) is 13.6. The molecular formula is C12H18BrNO2. The third-order valence-corrected chi connectivity index (χ3v) is 2.68. The minimum atomic E-state index is -0.0574. The molecule has 2 N–H and O–H groups in total. The van der Waals surface area contributed by atoms with Crippen molar-refractivity contribution in [3.05, 3.63) is 34.3 Å². The van der Waals surface area contributed by atoms with Crippen LogP contribution in [-0.4, -0.2) is 26.4 Å². The molecule has 0 aliphatic rings. The summed E-state index contributed by atoms with van der Waals surface area (Å²) in [5, 5.41) is 0. The van der Waals surface area contributed by atoms with Crippen LogP contribution in [0.3, 0.4) is 0 Å². The molecule has 0 amide bonds. The van der Waals surface area contributed by atoms with Crippen molar-refractivity contribution in [3.63, 3.8) is 0 Å². The van der Waals surface area contributed by atoms with Crippen molar-refractivity contribution < 1.29 is 9.47 Å². The van der Waals surface area contributed by atoms with Gasteiger partial charge in [0.25, 0.3) is 0 Å². The topological polar surface area (TPSA) is 44.5 Å². The van der Waals surface area contributed by atoms with Gasteiger partial charge in [0.2, 0.25) is 0 Å². The summed E-state index contributed by atoms with van der Waals surface area (Å²) in [6.07, 6.45) is -0.0574. The van der Waals surface area contributed by atoms with E-state index in [0.29, 0.717) is 26.4 Å². The Balaban J connectivity index is 2.47. The molecule has 0 bridgehead atoms. The maximum absolute atomic E-state index is 5.69. The predicted molar refractivity (Wildman–Crippen MR) is 68.4 cm³/mol. The van der Waals surface area contributed by atoms with Gasteiger partial charge < -0.3 is 15.2 Å². The van der Waals surface area contributed by atoms with E-state index in [4.69, 9.17) is 15.2 Å². The first-order valence-electron chi connectivity index (χ1n) is 5.42. The summed E-state index contributed by atoms with van der Waals surface area (Å²) in [4.78, 5) is 0. The highest BCUT2D eigenvalue weighted by atomic mass is 79.9. The van der Waals surface area contributed by atoms with Crippen LogP contribution < -0.4 is 5.73 Å². The Bertz CT molecular complexity index is 307. The van der Waals surface area contributed by atoms with E-state index in [1.807, 2.05) is 31.2 Å². The number of hydrogen-bond acceptors (Lipinski definition) is 3. The van der Waals surface area contributed by atoms with E-state index in [2.05, 4.69) is 15.9 Å². The molecule has 0 aliphatic heterocycles. The van der Waals surface area contributed by atoms with Gasteiger partial charge in [0, 0.05) is 17.6 Å². The van der Waals surface area contributed by atoms with Crippen LogP contribution in [-0.2, 0) is 9.47 Å². The molecule has 90 valence electrons. The maximum Gasteiger partial charge on any atom is 0.0948 e. The highest BCUT2D eigenvalue weighted by Crippen LogP contribution is 2.20. The molecular weight excluding hydrogens is 270 g/mol. The lowest BCUT2D eigenvalue weighted by molar-refractivity contribution is 0.0104. The number of benzene rings is 1. The van der Waals surface area contributed by atoms with Crippen molar-refractivity contribution in [2.45, 2.75) is 13.0 Å². The Labute approximate surface area is 105 Å². The van der Waals surface area contributed by atoms with E-state index in [-0.39, 0.29) is 6.10 Å². The Morgan fingerprint density at radius 2 is 2.19 bits per heavy atom. The van der Waals surface area contributed by atoms with E-state index in [1.54, 1.807) is 0 Å². The van der Waals surface area contributed by atoms with Gasteiger partial charge in [-0.2, -0.15) is 0 Å². The van der Waals surface area contributed by atoms with Crippen molar-refractivity contribution in [1.29, 1.82) is 0 Å². The van der Waals surface area contributed by atoms with Crippen molar-refractivity contribution in [3.8, 4) is 0 Å². The smallest absolute Gasteiger partial charge is 0.0948 e. The van der Waals surface area contributed by atoms with Gasteiger partial charge >= 0.3 is 0 Å². The fraction of sp³-hybridized carbons (Fsp3) is 0.500. The molecule has 0 radical (unpaired) electrons. The van der Waals surface area contributed by atoms with Crippen LogP contribution in [0.5, 0.6) is 0 Å². The third kappa shape index (κ3) is 4.61. The molecule has 1 aromatic carbocycles. The molecule has 1 aromatic rings. The van der Waals surface area contributed by atoms with Gasteiger partial charge in [-0.25, -0.2) is 0 Å². The number of nitrogens with two attached hydrogens (primary N) is 1. The SMILES string of the molecule is CCOCCOC(CN)c1cccc(Br)c1. The molecule has 4 heteroatoms. The van der Waals surface area contributed by atoms with E-state index in [9.17, 15) is 0 Å². The quantitative estimate of drug-likeness (QED) is 0.784. The number of rotatable bonds is 7. The molecule has 0 saturated heterocycles. The lowest BCUT2D eigenvalue weighted by atomic mass is 10.1. The van der Waals surface area contributed by atoms with Crippen molar-refractivity contribution >= 4 is 15.9 Å². The van der Waals surface area contributed by atoms with Crippen LogP contribution in [0.4, 0.5) is 0 Å². The Morgan fingerprint density at radius 3 is 2.81 bits per heavy atom. The van der Waals surface area contributed by atoms with Crippen molar-refractivity contribution in [2.24, 2.45) is 5.73 Å². The highest BCUT2D eigenvalue weighted by molar-refractivity contribution is 9.10. The molecule has 0 heterocycles. The number of hydrogen-bond donors (Lipinski definition) is 1. The first-order valence-corrected chi connectivity index (χ1v) is 6.22. The molecule has 1 unspecified atom stereocenters. The van der Waals surface area contributed by atoms with Gasteiger partial charge in [0.1, 0.15) is 0 Å². The summed E-state index contributed by atoms with van der Waals surface area (Å²) in [5.41, 5.74) is 6.78. The predicted octanol–water partition coefficient (Wildman–Crippen LogP) is 2.50. The zero-order valence-corrected chi connectivity index (χ0v) is 11.1. The molecule has 0 spiro atoms. The molecule has 0 saturated carbocycles. The zero-order chi connectivity index (χ0) is 11.8. The highest BCUT2D eigenvalue weighted by Gasteiger charge is 2.09. The molecule has 3 nitrogen and oxygen atoms in total. The van der Waals surface area contributed by atoms with Gasteiger partial charge in [-0.3, -0.25) is 0 Å². The molecule has 1 rings (SSSR count). The van der Waals surface area contributed by atoms with Crippen LogP contribution in [0.25, 0.3) is 0 Å². The number of ether oxygens (including phenoxy) is 2. The second kappa shape index (κ2) is 7.79. The summed E-state index contributed by atoms with van der Waals surface area (Å²) in [6.45, 7) is 4.34. The normalized spacial score (nSPS) is 12.7. The van der Waals surface area contributed by atoms with Gasteiger partial charge in [-0.15, -0.1) is 0 Å². The molecule has 1 atom stereocenters. The molecule has 0 aromatic heterocycles. The average Bonchev–Trinajstić information content (AvgIpc) is 2.29. The van der Waals surface area contributed by atoms with E-state index in [0.717, 1.165) is 10.0 Å². The Hall–Kier alpha value is -0.420. The van der Waals surface area contributed by atoms with E-state index >= 15 is 0 Å². The summed E-state index contributed by atoms with van der Waals surface area (Å²) >= 11 is 3.43. The number of halogens is 1. The standard InChI is InChI=1S/C12H18BrNO2/c1-2-15-6-7-16-12(9-14)10-4-3-5-11(13)8-10/h3-5,8,12H,2,6-7,9,14H2,1H3. The van der Waals surface area contributed by atoms with Gasteiger partial charge in [0.15, 0.2) is 0 Å². The minimum Gasteiger partial charge on any atom is -0.379 e. The van der Waals surface area contributed by atoms with Gasteiger partial charge in [0.05, 0.1) is 19.3 Å². The van der Waals surface area contributed by atoms with Crippen LogP contribution in [0, 0.1) is 0 Å². The van der Waals surface area contributed by atoms with Gasteiger partial charge in [-0.05, 0) is 24.6 Å². The third-order valence-electron chi connectivity index (χ3n) is 2.19. The lowest BCUT2D eigenvalue weighted by Crippen LogP contribution is -2.18. The monoisotopic (exact) mass is 287 g/mol. The second-order valence-corrected chi connectivity index (χ2v) is 4.26. The first-order chi connectivity index (χ1) is 7.77. The van der Waals surface area contributed by atoms with Crippen molar-refractivity contribution in [1.82, 2.24) is 0 Å².